The molecule has 5 amide bonds. The summed E-state index contributed by atoms with van der Waals surface area (Å²) in [6, 6.07) is 16.2. The molecule has 11 rings (SSSR count). The monoisotopic (exact) mass is 904 g/mol. The van der Waals surface area contributed by atoms with Gasteiger partial charge in [-0.2, -0.15) is 9.97 Å². The normalized spacial score (nSPS) is 22.4. The van der Waals surface area contributed by atoms with Gasteiger partial charge in [-0.05, 0) is 61.8 Å². The topological polar surface area (TPSA) is 174 Å². The average molecular weight is 905 g/mol. The smallest absolute Gasteiger partial charge is 0.319 e. The predicted octanol–water partition coefficient (Wildman–Crippen LogP) is 3.75. The van der Waals surface area contributed by atoms with Gasteiger partial charge in [0.1, 0.15) is 29.7 Å². The van der Waals surface area contributed by atoms with E-state index in [2.05, 4.69) is 41.2 Å². The molecule has 0 saturated carbocycles. The Morgan fingerprint density at radius 2 is 1.58 bits per heavy atom. The van der Waals surface area contributed by atoms with E-state index in [1.807, 2.05) is 41.3 Å². The standard InChI is InChI=1S/C50H49FN10O6/c1-2-29-5-3-6-30-7-4-8-36(41(29)30)43-42(51)44-38(26-52-43)45(60-27-32-9-10-33(28-60)53-32)56-50(55-44)67-24-23-57-19-21-59(22-20-57)47(64)31-15-17-58(18-16-31)34-11-12-35-37(25-34)49(66)61(48(35)65)39-13-14-40(62)54-46(39)63/h1,3-8,11-12,25-26,31-33,39,53H,9-10,13-24,27-28H2,(H,54,62,63). The molecular formula is C50H49FN10O6. The summed E-state index contributed by atoms with van der Waals surface area (Å²) < 4.78 is 23.2. The molecule has 0 aliphatic carbocycles. The van der Waals surface area contributed by atoms with Crippen molar-refractivity contribution in [2.75, 3.05) is 75.3 Å². The molecule has 342 valence electrons. The van der Waals surface area contributed by atoms with E-state index in [1.165, 1.54) is 0 Å². The van der Waals surface area contributed by atoms with E-state index in [-0.39, 0.29) is 59.6 Å². The van der Waals surface area contributed by atoms with Gasteiger partial charge in [0.2, 0.25) is 17.7 Å². The van der Waals surface area contributed by atoms with Crippen molar-refractivity contribution in [1.29, 1.82) is 0 Å². The molecule has 3 aromatic carbocycles. The number of benzene rings is 3. The Kier molecular flexibility index (Phi) is 11.0. The van der Waals surface area contributed by atoms with Crippen LogP contribution < -0.4 is 25.2 Å². The Hall–Kier alpha value is -7.03. The fourth-order valence-corrected chi connectivity index (χ4v) is 10.9. The van der Waals surface area contributed by atoms with Crippen LogP contribution in [-0.2, 0) is 14.4 Å². The first kappa shape index (κ1) is 42.6. The van der Waals surface area contributed by atoms with Crippen molar-refractivity contribution < 1.29 is 33.1 Å². The maximum absolute atomic E-state index is 16.9. The fourth-order valence-electron chi connectivity index (χ4n) is 10.9. The lowest BCUT2D eigenvalue weighted by Gasteiger charge is -2.39. The Morgan fingerprint density at radius 3 is 2.33 bits per heavy atom. The third kappa shape index (κ3) is 7.77. The van der Waals surface area contributed by atoms with Crippen LogP contribution in [-0.4, -0.2) is 143 Å². The number of fused-ring (bicyclic) bond motifs is 5. The molecule has 3 atom stereocenters. The predicted molar refractivity (Wildman–Crippen MR) is 247 cm³/mol. The summed E-state index contributed by atoms with van der Waals surface area (Å²) in [5, 5.41) is 8.06. The summed E-state index contributed by atoms with van der Waals surface area (Å²) in [5.41, 5.74) is 2.80. The van der Waals surface area contributed by atoms with Crippen LogP contribution in [0.15, 0.2) is 60.8 Å². The lowest BCUT2D eigenvalue weighted by atomic mass is 9.94. The SMILES string of the molecule is C#Cc1cccc2cccc(-c3ncc4c(N5CC6CCC(C5)N6)nc(OCCN5CCN(C(=O)C6CCN(c7ccc8c(c7)C(=O)N(C7CCC(=O)NC7=O)C8=O)CC6)CC5)nc4c3F)c12. The number of piperazine rings is 2. The summed E-state index contributed by atoms with van der Waals surface area (Å²) in [7, 11) is 0. The van der Waals surface area contributed by atoms with Crippen LogP contribution in [0.2, 0.25) is 0 Å². The van der Waals surface area contributed by atoms with Gasteiger partial charge in [-0.3, -0.25) is 44.1 Å². The lowest BCUT2D eigenvalue weighted by molar-refractivity contribution is -0.138. The van der Waals surface area contributed by atoms with Crippen LogP contribution in [0.25, 0.3) is 32.9 Å². The summed E-state index contributed by atoms with van der Waals surface area (Å²) in [4.78, 5) is 88.3. The third-order valence-corrected chi connectivity index (χ3v) is 14.4. The average Bonchev–Trinajstić information content (AvgIpc) is 3.82. The van der Waals surface area contributed by atoms with Gasteiger partial charge in [0.05, 0.1) is 16.5 Å². The number of nitrogens with zero attached hydrogens (tertiary/aromatic N) is 8. The van der Waals surface area contributed by atoms with Crippen molar-refractivity contribution in [2.45, 2.75) is 56.7 Å². The van der Waals surface area contributed by atoms with E-state index in [0.29, 0.717) is 93.1 Å². The molecule has 0 radical (unpaired) electrons. The van der Waals surface area contributed by atoms with E-state index >= 15 is 4.39 Å². The van der Waals surface area contributed by atoms with Crippen molar-refractivity contribution in [3.8, 4) is 29.6 Å². The summed E-state index contributed by atoms with van der Waals surface area (Å²) in [5.74, 6) is 0.657. The Labute approximate surface area is 385 Å². The minimum atomic E-state index is -1.02. The molecule has 5 fully saturated rings. The second kappa shape index (κ2) is 17.3. The highest BCUT2D eigenvalue weighted by Gasteiger charge is 2.45. The zero-order valence-electron chi connectivity index (χ0n) is 36.9. The second-order valence-corrected chi connectivity index (χ2v) is 18.4. The molecule has 5 saturated heterocycles. The first-order chi connectivity index (χ1) is 32.6. The van der Waals surface area contributed by atoms with Gasteiger partial charge in [0, 0.05) is 112 Å². The van der Waals surface area contributed by atoms with E-state index in [0.717, 1.165) is 47.3 Å². The van der Waals surface area contributed by atoms with Crippen LogP contribution in [0.5, 0.6) is 6.01 Å². The number of rotatable bonds is 9. The number of carbonyl (C=O) groups is 5. The summed E-state index contributed by atoms with van der Waals surface area (Å²) >= 11 is 0. The third-order valence-electron chi connectivity index (χ3n) is 14.4. The minimum Gasteiger partial charge on any atom is -0.462 e. The van der Waals surface area contributed by atoms with Crippen LogP contribution in [0, 0.1) is 24.1 Å². The Balaban J connectivity index is 0.720. The van der Waals surface area contributed by atoms with Crippen molar-refractivity contribution in [3.05, 3.63) is 83.3 Å². The largest absolute Gasteiger partial charge is 0.462 e. The van der Waals surface area contributed by atoms with Crippen LogP contribution >= 0.6 is 0 Å². The van der Waals surface area contributed by atoms with E-state index in [9.17, 15) is 24.0 Å². The number of nitrogens with one attached hydrogen (secondary N) is 2. The van der Waals surface area contributed by atoms with Crippen molar-refractivity contribution in [2.24, 2.45) is 5.92 Å². The number of carbonyl (C=O) groups excluding carboxylic acids is 5. The van der Waals surface area contributed by atoms with Crippen molar-refractivity contribution in [1.82, 2.24) is 40.3 Å². The van der Waals surface area contributed by atoms with Crippen molar-refractivity contribution in [3.63, 3.8) is 0 Å². The quantitative estimate of drug-likeness (QED) is 0.162. The second-order valence-electron chi connectivity index (χ2n) is 18.4. The van der Waals surface area contributed by atoms with Gasteiger partial charge < -0.3 is 24.8 Å². The van der Waals surface area contributed by atoms with Crippen LogP contribution in [0.1, 0.15) is 64.8 Å². The van der Waals surface area contributed by atoms with E-state index in [4.69, 9.17) is 16.1 Å². The van der Waals surface area contributed by atoms with Gasteiger partial charge in [-0.15, -0.1) is 6.42 Å². The van der Waals surface area contributed by atoms with E-state index < -0.39 is 35.5 Å². The first-order valence-corrected chi connectivity index (χ1v) is 23.2. The highest BCUT2D eigenvalue weighted by molar-refractivity contribution is 6.23. The van der Waals surface area contributed by atoms with E-state index in [1.54, 1.807) is 24.4 Å². The molecule has 2 N–H and O–H groups in total. The zero-order chi connectivity index (χ0) is 45.9. The van der Waals surface area contributed by atoms with Gasteiger partial charge in [-0.25, -0.2) is 4.39 Å². The maximum atomic E-state index is 16.9. The van der Waals surface area contributed by atoms with Gasteiger partial charge >= 0.3 is 6.01 Å². The number of hydrogen-bond acceptors (Lipinski definition) is 13. The number of aromatic nitrogens is 3. The molecule has 8 heterocycles. The van der Waals surface area contributed by atoms with Gasteiger partial charge in [0.25, 0.3) is 11.8 Å². The number of hydrogen-bond donors (Lipinski definition) is 2. The number of piperidine rings is 2. The fraction of sp³-hybridized carbons (Fsp3) is 0.400. The highest BCUT2D eigenvalue weighted by atomic mass is 19.1. The number of halogens is 1. The number of terminal acetylenes is 1. The first-order valence-electron chi connectivity index (χ1n) is 23.2. The molecule has 6 aliphatic rings. The summed E-state index contributed by atoms with van der Waals surface area (Å²) in [6.45, 7) is 6.05. The van der Waals surface area contributed by atoms with Gasteiger partial charge in [-0.1, -0.05) is 36.3 Å². The number of anilines is 2. The Morgan fingerprint density at radius 1 is 0.836 bits per heavy atom. The zero-order valence-corrected chi connectivity index (χ0v) is 36.9. The van der Waals surface area contributed by atoms with Crippen LogP contribution in [0.4, 0.5) is 15.9 Å². The molecule has 2 bridgehead atoms. The number of pyridine rings is 1. The molecule has 67 heavy (non-hydrogen) atoms. The van der Waals surface area contributed by atoms with Crippen LogP contribution in [0.3, 0.4) is 0 Å². The molecule has 0 spiro atoms. The summed E-state index contributed by atoms with van der Waals surface area (Å²) in [6.07, 6.45) is 11.2. The minimum absolute atomic E-state index is 0.0589. The van der Waals surface area contributed by atoms with Gasteiger partial charge in [0.15, 0.2) is 5.82 Å². The maximum Gasteiger partial charge on any atom is 0.319 e. The molecule has 6 aliphatic heterocycles. The molecular weight excluding hydrogens is 856 g/mol. The molecule has 16 nitrogen and oxygen atoms in total. The van der Waals surface area contributed by atoms with Crippen molar-refractivity contribution >= 4 is 62.7 Å². The molecule has 5 aromatic rings. The number of imide groups is 2. The molecule has 17 heteroatoms. The number of amides is 5. The molecule has 3 unspecified atom stereocenters. The molecule has 2 aromatic heterocycles. The lowest BCUT2D eigenvalue weighted by Crippen LogP contribution is -2.54. The highest BCUT2D eigenvalue weighted by Crippen LogP contribution is 2.38. The Bertz CT molecular complexity index is 2910. The number of ether oxygens (including phenoxy) is 1.